The topological polar surface area (TPSA) is 101 Å². The lowest BCUT2D eigenvalue weighted by molar-refractivity contribution is 1.07. The van der Waals surface area contributed by atoms with Gasteiger partial charge < -0.3 is 0 Å². The van der Waals surface area contributed by atoms with E-state index in [2.05, 4.69) is 30.3 Å². The van der Waals surface area contributed by atoms with Gasteiger partial charge in [0.25, 0.3) is 0 Å². The lowest BCUT2D eigenvalue weighted by Crippen LogP contribution is -2.00. The fourth-order valence-electron chi connectivity index (χ4n) is 6.60. The highest BCUT2D eigenvalue weighted by Crippen LogP contribution is 2.36. The zero-order valence-electron chi connectivity index (χ0n) is 30.0. The Balaban J connectivity index is 1.11. The van der Waals surface area contributed by atoms with E-state index >= 15 is 0 Å². The Bertz CT molecular complexity index is 2720. The van der Waals surface area contributed by atoms with E-state index in [1.165, 1.54) is 0 Å². The predicted octanol–water partition coefficient (Wildman–Crippen LogP) is 11.3. The van der Waals surface area contributed by atoms with E-state index in [0.717, 1.165) is 55.6 Å². The van der Waals surface area contributed by atoms with Gasteiger partial charge in [-0.25, -0.2) is 29.9 Å². The van der Waals surface area contributed by atoms with Crippen molar-refractivity contribution in [3.63, 3.8) is 0 Å². The van der Waals surface area contributed by atoms with Crippen molar-refractivity contribution in [3.05, 3.63) is 194 Å². The van der Waals surface area contributed by atoms with Gasteiger partial charge in [-0.2, -0.15) is 5.26 Å². The van der Waals surface area contributed by atoms with Crippen molar-refractivity contribution in [2.75, 3.05) is 0 Å². The number of nitrogens with zero attached hydrogens (tertiary/aromatic N) is 7. The average Bonchev–Trinajstić information content (AvgIpc) is 3.30. The maximum atomic E-state index is 9.94. The van der Waals surface area contributed by atoms with Crippen molar-refractivity contribution in [2.45, 2.75) is 0 Å². The van der Waals surface area contributed by atoms with Gasteiger partial charge in [0.1, 0.15) is 0 Å². The highest BCUT2D eigenvalue weighted by Gasteiger charge is 2.16. The zero-order valence-corrected chi connectivity index (χ0v) is 30.0. The van der Waals surface area contributed by atoms with Crippen LogP contribution in [0.15, 0.2) is 188 Å². The Kier molecular flexibility index (Phi) is 9.18. The number of rotatable bonds is 8. The molecule has 0 unspecified atom stereocenters. The SMILES string of the molecule is N#Cc1ccc(-c2cccc(-c3nc(-c4ccccc4)nc(-c4ccccc4)n3)c2)c(-c2ccc(-c3nc(-c4ccccc4)nc(-c4ccccc4)n3)cc2)c1. The molecule has 0 atom stereocenters. The number of benzene rings is 7. The van der Waals surface area contributed by atoms with Gasteiger partial charge in [0, 0.05) is 33.4 Å². The Hall–Kier alpha value is -7.95. The van der Waals surface area contributed by atoms with Gasteiger partial charge in [-0.05, 0) is 40.5 Å². The maximum Gasteiger partial charge on any atom is 0.164 e. The van der Waals surface area contributed by atoms with E-state index in [-0.39, 0.29) is 0 Å². The van der Waals surface area contributed by atoms with Crippen LogP contribution in [0.1, 0.15) is 5.56 Å². The lowest BCUT2D eigenvalue weighted by Gasteiger charge is -2.13. The van der Waals surface area contributed by atoms with E-state index in [0.29, 0.717) is 40.5 Å². The normalized spacial score (nSPS) is 10.8. The van der Waals surface area contributed by atoms with Crippen LogP contribution in [0.5, 0.6) is 0 Å². The van der Waals surface area contributed by atoms with Crippen molar-refractivity contribution < 1.29 is 0 Å². The summed E-state index contributed by atoms with van der Waals surface area (Å²) in [5, 5.41) is 9.94. The summed E-state index contributed by atoms with van der Waals surface area (Å²) < 4.78 is 0. The van der Waals surface area contributed by atoms with Crippen LogP contribution in [0.4, 0.5) is 0 Å². The fourth-order valence-corrected chi connectivity index (χ4v) is 6.60. The molecule has 2 aromatic heterocycles. The summed E-state index contributed by atoms with van der Waals surface area (Å²) in [5.74, 6) is 3.55. The molecule has 0 saturated heterocycles. The highest BCUT2D eigenvalue weighted by atomic mass is 15.0. The third kappa shape index (κ3) is 7.06. The van der Waals surface area contributed by atoms with Crippen LogP contribution in [0.3, 0.4) is 0 Å². The molecule has 262 valence electrons. The minimum atomic E-state index is 0.568. The van der Waals surface area contributed by atoms with E-state index in [9.17, 15) is 5.26 Å². The molecule has 0 bridgehead atoms. The fraction of sp³-hybridized carbons (Fsp3) is 0. The molecular weight excluding hydrogens is 687 g/mol. The van der Waals surface area contributed by atoms with Crippen molar-refractivity contribution in [3.8, 4) is 96.7 Å². The number of hydrogen-bond acceptors (Lipinski definition) is 7. The molecular formula is C49H31N7. The molecule has 56 heavy (non-hydrogen) atoms. The Morgan fingerprint density at radius 2 is 0.607 bits per heavy atom. The second kappa shape index (κ2) is 15.2. The Labute approximate surface area is 324 Å². The number of aromatic nitrogens is 6. The molecule has 0 spiro atoms. The maximum absolute atomic E-state index is 9.94. The molecule has 7 nitrogen and oxygen atoms in total. The third-order valence-electron chi connectivity index (χ3n) is 9.43. The molecule has 2 heterocycles. The first-order valence-electron chi connectivity index (χ1n) is 18.2. The molecule has 9 aromatic rings. The molecule has 9 rings (SSSR count). The molecule has 0 saturated carbocycles. The van der Waals surface area contributed by atoms with Crippen LogP contribution in [0.2, 0.25) is 0 Å². The molecule has 0 fully saturated rings. The molecule has 0 amide bonds. The van der Waals surface area contributed by atoms with E-state index in [1.54, 1.807) is 0 Å². The van der Waals surface area contributed by atoms with E-state index in [4.69, 9.17) is 29.9 Å². The monoisotopic (exact) mass is 717 g/mol. The van der Waals surface area contributed by atoms with Crippen LogP contribution in [-0.2, 0) is 0 Å². The standard InChI is InChI=1S/C49H31N7/c50-32-33-24-29-42(40-22-13-23-41(31-40)49-55-46(37-18-9-3-10-19-37)52-47(56-49)38-20-11-4-12-21-38)43(30-33)34-25-27-39(28-26-34)48-53-44(35-14-5-1-6-15-35)51-45(54-48)36-16-7-2-8-17-36/h1-31H. The van der Waals surface area contributed by atoms with E-state index in [1.807, 2.05) is 164 Å². The van der Waals surface area contributed by atoms with Crippen molar-refractivity contribution in [1.29, 1.82) is 5.26 Å². The van der Waals surface area contributed by atoms with Crippen molar-refractivity contribution in [1.82, 2.24) is 29.9 Å². The van der Waals surface area contributed by atoms with Gasteiger partial charge in [-0.3, -0.25) is 0 Å². The minimum absolute atomic E-state index is 0.568. The number of hydrogen-bond donors (Lipinski definition) is 0. The van der Waals surface area contributed by atoms with Gasteiger partial charge in [0.15, 0.2) is 34.9 Å². The Morgan fingerprint density at radius 3 is 1.02 bits per heavy atom. The molecule has 7 aromatic carbocycles. The first-order valence-corrected chi connectivity index (χ1v) is 18.2. The van der Waals surface area contributed by atoms with Crippen LogP contribution in [0, 0.1) is 11.3 Å². The van der Waals surface area contributed by atoms with Crippen LogP contribution >= 0.6 is 0 Å². The first kappa shape index (κ1) is 33.9. The lowest BCUT2D eigenvalue weighted by atomic mass is 9.91. The van der Waals surface area contributed by atoms with Crippen LogP contribution < -0.4 is 0 Å². The summed E-state index contributed by atoms with van der Waals surface area (Å²) in [5.41, 5.74) is 9.71. The summed E-state index contributed by atoms with van der Waals surface area (Å²) in [6.07, 6.45) is 0. The third-order valence-corrected chi connectivity index (χ3v) is 9.43. The molecule has 0 N–H and O–H groups in total. The van der Waals surface area contributed by atoms with Gasteiger partial charge in [-0.15, -0.1) is 0 Å². The quantitative estimate of drug-likeness (QED) is 0.154. The van der Waals surface area contributed by atoms with Crippen molar-refractivity contribution in [2.24, 2.45) is 0 Å². The number of nitriles is 1. The molecule has 0 aliphatic carbocycles. The van der Waals surface area contributed by atoms with Crippen LogP contribution in [-0.4, -0.2) is 29.9 Å². The van der Waals surface area contributed by atoms with Crippen LogP contribution in [0.25, 0.3) is 90.6 Å². The average molecular weight is 718 g/mol. The second-order valence-corrected chi connectivity index (χ2v) is 13.1. The summed E-state index contributed by atoms with van der Waals surface area (Å²) in [7, 11) is 0. The Morgan fingerprint density at radius 1 is 0.268 bits per heavy atom. The molecule has 0 aliphatic heterocycles. The molecule has 0 radical (unpaired) electrons. The molecule has 7 heteroatoms. The van der Waals surface area contributed by atoms with Gasteiger partial charge >= 0.3 is 0 Å². The smallest absolute Gasteiger partial charge is 0.164 e. The van der Waals surface area contributed by atoms with E-state index < -0.39 is 0 Å². The van der Waals surface area contributed by atoms with Crippen molar-refractivity contribution >= 4 is 0 Å². The summed E-state index contributed by atoms with van der Waals surface area (Å²) in [4.78, 5) is 29.4. The zero-order chi connectivity index (χ0) is 37.7. The highest BCUT2D eigenvalue weighted by molar-refractivity contribution is 5.86. The predicted molar refractivity (Wildman–Crippen MR) is 221 cm³/mol. The second-order valence-electron chi connectivity index (χ2n) is 13.1. The van der Waals surface area contributed by atoms with Gasteiger partial charge in [0.05, 0.1) is 11.6 Å². The van der Waals surface area contributed by atoms with Gasteiger partial charge in [0.2, 0.25) is 0 Å². The summed E-state index contributed by atoms with van der Waals surface area (Å²) in [6, 6.07) is 64.2. The summed E-state index contributed by atoms with van der Waals surface area (Å²) in [6.45, 7) is 0. The largest absolute Gasteiger partial charge is 0.208 e. The summed E-state index contributed by atoms with van der Waals surface area (Å²) >= 11 is 0. The molecule has 0 aliphatic rings. The van der Waals surface area contributed by atoms with Gasteiger partial charge in [-0.1, -0.05) is 170 Å². The first-order chi connectivity index (χ1) is 27.7. The minimum Gasteiger partial charge on any atom is -0.208 e.